The maximum absolute atomic E-state index is 13.2. The quantitative estimate of drug-likeness (QED) is 0.505. The molecule has 1 unspecified atom stereocenters. The number of hydrogen-bond acceptors (Lipinski definition) is 3. The van der Waals surface area contributed by atoms with Crippen LogP contribution in [0, 0.1) is 5.92 Å². The summed E-state index contributed by atoms with van der Waals surface area (Å²) >= 11 is 6.68. The second-order valence-corrected chi connectivity index (χ2v) is 6.28. The van der Waals surface area contributed by atoms with Crippen LogP contribution in [-0.4, -0.2) is 28.6 Å². The molecule has 0 spiro atoms. The first kappa shape index (κ1) is 20.9. The number of rotatable bonds is 4. The van der Waals surface area contributed by atoms with Crippen LogP contribution in [0.1, 0.15) is 20.3 Å². The van der Waals surface area contributed by atoms with E-state index in [-0.39, 0.29) is 6.42 Å². The lowest BCUT2D eigenvalue weighted by atomic mass is 9.85. The minimum Gasteiger partial charge on any atom is -0.366 e. The van der Waals surface area contributed by atoms with Gasteiger partial charge in [-0.15, -0.1) is 25.3 Å². The number of thiol groups is 2. The van der Waals surface area contributed by atoms with E-state index in [0.29, 0.717) is 0 Å². The third-order valence-corrected chi connectivity index (χ3v) is 3.59. The van der Waals surface area contributed by atoms with E-state index in [1.54, 1.807) is 0 Å². The van der Waals surface area contributed by atoms with E-state index in [2.05, 4.69) is 25.3 Å². The van der Waals surface area contributed by atoms with E-state index >= 15 is 0 Å². The summed E-state index contributed by atoms with van der Waals surface area (Å²) < 4.78 is 79.0. The largest absolute Gasteiger partial charge is 0.431 e. The van der Waals surface area contributed by atoms with Gasteiger partial charge in [0, 0.05) is 5.57 Å². The highest BCUT2D eigenvalue weighted by Crippen LogP contribution is 2.42. The third-order valence-electron chi connectivity index (χ3n) is 3.12. The zero-order chi connectivity index (χ0) is 19.0. The van der Waals surface area contributed by atoms with Gasteiger partial charge in [0.25, 0.3) is 0 Å². The van der Waals surface area contributed by atoms with Crippen LogP contribution in [-0.2, 0) is 9.59 Å². The van der Waals surface area contributed by atoms with Crippen molar-refractivity contribution in [2.75, 3.05) is 0 Å². The highest BCUT2D eigenvalue weighted by molar-refractivity contribution is 7.97. The molecule has 0 aromatic heterocycles. The van der Waals surface area contributed by atoms with Gasteiger partial charge >= 0.3 is 12.4 Å². The monoisotopic (exact) mass is 393 g/mol. The van der Waals surface area contributed by atoms with Crippen molar-refractivity contribution in [2.24, 2.45) is 5.92 Å². The molecule has 1 N–H and O–H groups in total. The van der Waals surface area contributed by atoms with Crippen LogP contribution >= 0.6 is 25.3 Å². The van der Waals surface area contributed by atoms with Gasteiger partial charge in [0.1, 0.15) is 5.70 Å². The Morgan fingerprint density at radius 1 is 1.08 bits per heavy atom. The molecule has 0 amide bonds. The summed E-state index contributed by atoms with van der Waals surface area (Å²) in [6.07, 6.45) is -10.8. The number of allylic oxidation sites excluding steroid dienone is 2. The van der Waals surface area contributed by atoms with Crippen molar-refractivity contribution in [3.05, 3.63) is 22.4 Å². The van der Waals surface area contributed by atoms with Gasteiger partial charge in [-0.2, -0.15) is 26.3 Å². The molecule has 0 aliphatic carbocycles. The summed E-state index contributed by atoms with van der Waals surface area (Å²) in [5.74, 6) is -0.424. The van der Waals surface area contributed by atoms with Crippen LogP contribution in [0.2, 0.25) is 0 Å². The lowest BCUT2D eigenvalue weighted by Crippen LogP contribution is -2.51. The Bertz CT molecular complexity index is 619. The molecule has 1 aliphatic heterocycles. The predicted molar refractivity (Wildman–Crippen MR) is 80.5 cm³/mol. The number of halogens is 6. The van der Waals surface area contributed by atoms with Gasteiger partial charge in [-0.3, -0.25) is 9.59 Å². The summed E-state index contributed by atoms with van der Waals surface area (Å²) in [7, 11) is 0. The third kappa shape index (κ3) is 4.50. The predicted octanol–water partition coefficient (Wildman–Crippen LogP) is 3.59. The van der Waals surface area contributed by atoms with Crippen molar-refractivity contribution in [3.63, 3.8) is 0 Å². The molecule has 3 nitrogen and oxygen atoms in total. The normalized spacial score (nSPS) is 19.7. The fraction of sp³-hybridized carbons (Fsp3) is 0.538. The zero-order valence-electron chi connectivity index (χ0n) is 12.3. The molecule has 1 atom stereocenters. The van der Waals surface area contributed by atoms with Gasteiger partial charge < -0.3 is 5.32 Å². The molecule has 0 aromatic carbocycles. The summed E-state index contributed by atoms with van der Waals surface area (Å²) in [4.78, 5) is 23.2. The summed E-state index contributed by atoms with van der Waals surface area (Å²) in [5.41, 5.74) is -4.61. The Kier molecular flexibility index (Phi) is 6.13. The van der Waals surface area contributed by atoms with Gasteiger partial charge in [-0.25, -0.2) is 0 Å². The first-order valence-corrected chi connectivity index (χ1v) is 7.42. The summed E-state index contributed by atoms with van der Waals surface area (Å²) in [5, 5.41) is -1.53. The molecule has 1 rings (SSSR count). The van der Waals surface area contributed by atoms with E-state index in [4.69, 9.17) is 0 Å². The minimum atomic E-state index is -5.26. The minimum absolute atomic E-state index is 0.350. The molecule has 11 heteroatoms. The van der Waals surface area contributed by atoms with Gasteiger partial charge in [-0.05, 0) is 17.9 Å². The molecular weight excluding hydrogens is 380 g/mol. The van der Waals surface area contributed by atoms with Crippen molar-refractivity contribution >= 4 is 35.5 Å². The summed E-state index contributed by atoms with van der Waals surface area (Å²) in [6, 6.07) is -2.91. The van der Waals surface area contributed by atoms with E-state index in [1.807, 2.05) is 0 Å². The highest BCUT2D eigenvalue weighted by Gasteiger charge is 2.52. The Balaban J connectivity index is 3.85. The molecule has 1 aliphatic rings. The van der Waals surface area contributed by atoms with E-state index < -0.39 is 57.0 Å². The molecule has 0 saturated carbocycles. The van der Waals surface area contributed by atoms with Crippen LogP contribution in [0.5, 0.6) is 0 Å². The first-order chi connectivity index (χ1) is 10.7. The van der Waals surface area contributed by atoms with E-state index in [0.717, 1.165) is 0 Å². The van der Waals surface area contributed by atoms with Crippen molar-refractivity contribution in [1.29, 1.82) is 0 Å². The van der Waals surface area contributed by atoms with Crippen molar-refractivity contribution in [3.8, 4) is 0 Å². The topological polar surface area (TPSA) is 46.2 Å². The van der Waals surface area contributed by atoms with Crippen LogP contribution in [0.15, 0.2) is 22.4 Å². The molecule has 1 heterocycles. The molecule has 24 heavy (non-hydrogen) atoms. The maximum Gasteiger partial charge on any atom is 0.431 e. The van der Waals surface area contributed by atoms with Crippen LogP contribution < -0.4 is 5.32 Å². The van der Waals surface area contributed by atoms with E-state index in [1.165, 1.54) is 19.2 Å². The summed E-state index contributed by atoms with van der Waals surface area (Å²) in [6.45, 7) is 3.04. The fourth-order valence-corrected chi connectivity index (χ4v) is 2.84. The Hall–Kier alpha value is -1.10. The van der Waals surface area contributed by atoms with Crippen LogP contribution in [0.3, 0.4) is 0 Å². The van der Waals surface area contributed by atoms with Gasteiger partial charge in [-0.1, -0.05) is 13.8 Å². The Morgan fingerprint density at radius 2 is 1.58 bits per heavy atom. The van der Waals surface area contributed by atoms with E-state index in [9.17, 15) is 35.9 Å². The molecule has 0 radical (unpaired) electrons. The number of nitrogens with one attached hydrogen (secondary N) is 1. The number of hydrogen-bond donors (Lipinski definition) is 3. The number of carbonyl (C=O) groups is 2. The number of alkyl halides is 6. The second kappa shape index (κ2) is 7.03. The number of carbonyl (C=O) groups excluding carboxylic acids is 2. The van der Waals surface area contributed by atoms with Crippen molar-refractivity contribution in [2.45, 2.75) is 38.7 Å². The van der Waals surface area contributed by atoms with Gasteiger partial charge in [0.05, 0.1) is 5.57 Å². The Labute approximate surface area is 144 Å². The SMILES string of the molecule is CC(C)CC1=C(C(=O)S)C(C(F)(F)F)NC(C(F)(F)F)=C1C(=O)S. The highest BCUT2D eigenvalue weighted by atomic mass is 32.1. The van der Waals surface area contributed by atoms with Gasteiger partial charge in [0.2, 0.25) is 10.2 Å². The molecule has 0 fully saturated rings. The second-order valence-electron chi connectivity index (χ2n) is 5.47. The lowest BCUT2D eigenvalue weighted by Gasteiger charge is -2.34. The average molecular weight is 393 g/mol. The van der Waals surface area contributed by atoms with Gasteiger partial charge in [0.15, 0.2) is 6.04 Å². The smallest absolute Gasteiger partial charge is 0.366 e. The standard InChI is InChI=1S/C13H13F6NO2S2/c1-4(2)3-5-6(10(21)23)8(12(14,15)16)20-9(13(17,18)19)7(5)11(22)24/h4,8,20H,3H2,1-2H3,(H,21,23)(H,22,24). The first-order valence-electron chi connectivity index (χ1n) is 6.52. The maximum atomic E-state index is 13.2. The Morgan fingerprint density at radius 3 is 1.88 bits per heavy atom. The molecule has 136 valence electrons. The zero-order valence-corrected chi connectivity index (χ0v) is 14.1. The fourth-order valence-electron chi connectivity index (χ4n) is 2.33. The van der Waals surface area contributed by atoms with Crippen molar-refractivity contribution < 1.29 is 35.9 Å². The van der Waals surface area contributed by atoms with Crippen LogP contribution in [0.25, 0.3) is 0 Å². The number of dihydropyridines is 1. The molecule has 0 aromatic rings. The lowest BCUT2D eigenvalue weighted by molar-refractivity contribution is -0.155. The van der Waals surface area contributed by atoms with Crippen LogP contribution in [0.4, 0.5) is 26.3 Å². The van der Waals surface area contributed by atoms with Crippen molar-refractivity contribution in [1.82, 2.24) is 5.32 Å². The molecular formula is C13H13F6NO2S2. The molecule has 0 saturated heterocycles. The average Bonchev–Trinajstić information content (AvgIpc) is 2.33. The molecule has 0 bridgehead atoms.